The van der Waals surface area contributed by atoms with E-state index in [1.807, 2.05) is 28.8 Å². The van der Waals surface area contributed by atoms with Crippen LogP contribution < -0.4 is 10.6 Å². The van der Waals surface area contributed by atoms with Crippen molar-refractivity contribution < 1.29 is 4.79 Å². The molecule has 1 aromatic carbocycles. The number of nitrogens with one attached hydrogen (secondary N) is 2. The average molecular weight is 308 g/mol. The molecule has 1 aliphatic rings. The standard InChI is InChI=1S/C16H16N6O/c23-16(18-9-15-21-19-10-22(15)12-4-5-12)20-14-3-1-2-11-8-17-7-6-13(11)14/h1-3,6-8,10,12H,4-5,9H2,(H2,18,20,23). The van der Waals surface area contributed by atoms with E-state index in [0.29, 0.717) is 12.6 Å². The quantitative estimate of drug-likeness (QED) is 0.775. The molecule has 0 radical (unpaired) electrons. The normalized spacial score (nSPS) is 13.9. The van der Waals surface area contributed by atoms with Crippen LogP contribution >= 0.6 is 0 Å². The zero-order valence-electron chi connectivity index (χ0n) is 12.4. The van der Waals surface area contributed by atoms with Gasteiger partial charge < -0.3 is 15.2 Å². The Bertz CT molecular complexity index is 849. The van der Waals surface area contributed by atoms with Crippen LogP contribution in [0, 0.1) is 0 Å². The van der Waals surface area contributed by atoms with Crippen LogP contribution in [0.15, 0.2) is 43.0 Å². The minimum atomic E-state index is -0.264. The summed E-state index contributed by atoms with van der Waals surface area (Å²) in [7, 11) is 0. The predicted molar refractivity (Wildman–Crippen MR) is 85.9 cm³/mol. The van der Waals surface area contributed by atoms with Crippen LogP contribution in [0.4, 0.5) is 10.5 Å². The highest BCUT2D eigenvalue weighted by atomic mass is 16.2. The zero-order valence-corrected chi connectivity index (χ0v) is 12.4. The summed E-state index contributed by atoms with van der Waals surface area (Å²) in [5.41, 5.74) is 0.756. The summed E-state index contributed by atoms with van der Waals surface area (Å²) in [6.45, 7) is 0.356. The van der Waals surface area contributed by atoms with Crippen molar-refractivity contribution in [1.82, 2.24) is 25.1 Å². The van der Waals surface area contributed by atoms with Crippen LogP contribution in [0.2, 0.25) is 0 Å². The van der Waals surface area contributed by atoms with Gasteiger partial charge in [-0.05, 0) is 25.0 Å². The van der Waals surface area contributed by atoms with Crippen molar-refractivity contribution in [2.45, 2.75) is 25.4 Å². The summed E-state index contributed by atoms with van der Waals surface area (Å²) in [4.78, 5) is 16.2. The third-order valence-corrected chi connectivity index (χ3v) is 3.92. The first-order chi connectivity index (χ1) is 11.3. The highest BCUT2D eigenvalue weighted by molar-refractivity contribution is 6.01. The SMILES string of the molecule is O=C(NCc1nncn1C1CC1)Nc1cccc2cnccc12. The number of pyridine rings is 1. The Labute approximate surface area is 132 Å². The third kappa shape index (κ3) is 2.85. The number of anilines is 1. The molecular formula is C16H16N6O. The van der Waals surface area contributed by atoms with Crippen molar-refractivity contribution in [3.05, 3.63) is 48.8 Å². The number of hydrogen-bond donors (Lipinski definition) is 2. The molecular weight excluding hydrogens is 292 g/mol. The number of fused-ring (bicyclic) bond motifs is 1. The van der Waals surface area contributed by atoms with Crippen molar-refractivity contribution in [1.29, 1.82) is 0 Å². The Hall–Kier alpha value is -2.96. The van der Waals surface area contributed by atoms with E-state index in [4.69, 9.17) is 0 Å². The Kier molecular flexibility index (Phi) is 3.38. The zero-order chi connectivity index (χ0) is 15.6. The van der Waals surface area contributed by atoms with Gasteiger partial charge in [0, 0.05) is 29.2 Å². The smallest absolute Gasteiger partial charge is 0.319 e. The summed E-state index contributed by atoms with van der Waals surface area (Å²) >= 11 is 0. The first-order valence-electron chi connectivity index (χ1n) is 7.57. The van der Waals surface area contributed by atoms with Gasteiger partial charge in [-0.3, -0.25) is 4.98 Å². The number of aromatic nitrogens is 4. The molecule has 3 aromatic rings. The van der Waals surface area contributed by atoms with Gasteiger partial charge in [0.15, 0.2) is 5.82 Å². The summed E-state index contributed by atoms with van der Waals surface area (Å²) in [5.74, 6) is 0.782. The maximum Gasteiger partial charge on any atom is 0.319 e. The number of benzene rings is 1. The van der Waals surface area contributed by atoms with Crippen molar-refractivity contribution >= 4 is 22.5 Å². The number of nitrogens with zero attached hydrogens (tertiary/aromatic N) is 4. The molecule has 7 nitrogen and oxygen atoms in total. The van der Waals surface area contributed by atoms with Gasteiger partial charge in [-0.1, -0.05) is 12.1 Å². The highest BCUT2D eigenvalue weighted by Crippen LogP contribution is 2.35. The molecule has 0 aliphatic heterocycles. The van der Waals surface area contributed by atoms with Crippen LogP contribution in [0.3, 0.4) is 0 Å². The van der Waals surface area contributed by atoms with Gasteiger partial charge in [-0.2, -0.15) is 0 Å². The number of carbonyl (C=O) groups excluding carboxylic acids is 1. The molecule has 1 fully saturated rings. The van der Waals surface area contributed by atoms with Gasteiger partial charge in [0.1, 0.15) is 6.33 Å². The third-order valence-electron chi connectivity index (χ3n) is 3.92. The van der Waals surface area contributed by atoms with Crippen molar-refractivity contribution in [2.24, 2.45) is 0 Å². The molecule has 0 unspecified atom stereocenters. The highest BCUT2D eigenvalue weighted by Gasteiger charge is 2.26. The maximum atomic E-state index is 12.2. The van der Waals surface area contributed by atoms with Gasteiger partial charge in [0.05, 0.1) is 12.2 Å². The Morgan fingerprint density at radius 3 is 3.09 bits per heavy atom. The molecule has 2 heterocycles. The van der Waals surface area contributed by atoms with Crippen LogP contribution in [0.1, 0.15) is 24.7 Å². The predicted octanol–water partition coefficient (Wildman–Crippen LogP) is 2.48. The largest absolute Gasteiger partial charge is 0.331 e. The second-order valence-corrected chi connectivity index (χ2v) is 5.60. The lowest BCUT2D eigenvalue weighted by Crippen LogP contribution is -2.29. The van der Waals surface area contributed by atoms with Crippen molar-refractivity contribution in [2.75, 3.05) is 5.32 Å². The van der Waals surface area contributed by atoms with E-state index in [0.717, 1.165) is 35.1 Å². The second-order valence-electron chi connectivity index (χ2n) is 5.60. The number of urea groups is 1. The minimum Gasteiger partial charge on any atom is -0.331 e. The molecule has 1 aliphatic carbocycles. The molecule has 116 valence electrons. The molecule has 1 saturated carbocycles. The molecule has 0 spiro atoms. The van der Waals surface area contributed by atoms with Crippen LogP contribution in [-0.4, -0.2) is 25.8 Å². The average Bonchev–Trinajstić information content (AvgIpc) is 3.31. The lowest BCUT2D eigenvalue weighted by molar-refractivity contribution is 0.251. The van der Waals surface area contributed by atoms with E-state index in [2.05, 4.69) is 25.8 Å². The van der Waals surface area contributed by atoms with Gasteiger partial charge >= 0.3 is 6.03 Å². The lowest BCUT2D eigenvalue weighted by atomic mass is 10.1. The molecule has 2 aromatic heterocycles. The fraction of sp³-hybridized carbons (Fsp3) is 0.250. The van der Waals surface area contributed by atoms with Crippen molar-refractivity contribution in [3.8, 4) is 0 Å². The first kappa shape index (κ1) is 13.7. The molecule has 0 atom stereocenters. The molecule has 2 amide bonds. The van der Waals surface area contributed by atoms with Crippen LogP contribution in [-0.2, 0) is 6.54 Å². The number of amides is 2. The summed E-state index contributed by atoms with van der Waals surface area (Å²) < 4.78 is 2.03. The number of rotatable bonds is 4. The fourth-order valence-corrected chi connectivity index (χ4v) is 2.61. The van der Waals surface area contributed by atoms with E-state index >= 15 is 0 Å². The van der Waals surface area contributed by atoms with Crippen LogP contribution in [0.5, 0.6) is 0 Å². The minimum absolute atomic E-state index is 0.264. The van der Waals surface area contributed by atoms with Gasteiger partial charge in [-0.15, -0.1) is 10.2 Å². The topological polar surface area (TPSA) is 84.7 Å². The first-order valence-corrected chi connectivity index (χ1v) is 7.57. The number of hydrogen-bond acceptors (Lipinski definition) is 4. The summed E-state index contributed by atoms with van der Waals surface area (Å²) in [5, 5.41) is 15.6. The van der Waals surface area contributed by atoms with E-state index in [1.165, 1.54) is 0 Å². The Morgan fingerprint density at radius 1 is 1.30 bits per heavy atom. The molecule has 2 N–H and O–H groups in total. The fourth-order valence-electron chi connectivity index (χ4n) is 2.61. The Morgan fingerprint density at radius 2 is 2.22 bits per heavy atom. The van der Waals surface area contributed by atoms with E-state index in [-0.39, 0.29) is 6.03 Å². The molecule has 0 bridgehead atoms. The lowest BCUT2D eigenvalue weighted by Gasteiger charge is -2.10. The van der Waals surface area contributed by atoms with Gasteiger partial charge in [0.25, 0.3) is 0 Å². The van der Waals surface area contributed by atoms with Gasteiger partial charge in [-0.25, -0.2) is 4.79 Å². The molecule has 4 rings (SSSR count). The van der Waals surface area contributed by atoms with Gasteiger partial charge in [0.2, 0.25) is 0 Å². The summed E-state index contributed by atoms with van der Waals surface area (Å²) in [6.07, 6.45) is 7.52. The van der Waals surface area contributed by atoms with E-state index in [9.17, 15) is 4.79 Å². The second kappa shape index (κ2) is 5.68. The van der Waals surface area contributed by atoms with E-state index in [1.54, 1.807) is 18.7 Å². The summed E-state index contributed by atoms with van der Waals surface area (Å²) in [6, 6.07) is 7.84. The molecule has 0 saturated heterocycles. The van der Waals surface area contributed by atoms with Crippen molar-refractivity contribution in [3.63, 3.8) is 0 Å². The Balaban J connectivity index is 1.44. The maximum absolute atomic E-state index is 12.2. The number of carbonyl (C=O) groups is 1. The van der Waals surface area contributed by atoms with Crippen LogP contribution in [0.25, 0.3) is 10.8 Å². The monoisotopic (exact) mass is 308 g/mol. The molecule has 23 heavy (non-hydrogen) atoms. The van der Waals surface area contributed by atoms with E-state index < -0.39 is 0 Å². The molecule has 7 heteroatoms.